The van der Waals surface area contributed by atoms with Gasteiger partial charge in [-0.15, -0.1) is 0 Å². The van der Waals surface area contributed by atoms with Gasteiger partial charge in [0, 0.05) is 30.2 Å². The van der Waals surface area contributed by atoms with Gasteiger partial charge in [0.2, 0.25) is 18.6 Å². The number of hydrogen-bond donors (Lipinski definition) is 1. The third-order valence-corrected chi connectivity index (χ3v) is 6.18. The molecule has 0 spiro atoms. The van der Waals surface area contributed by atoms with E-state index in [1.54, 1.807) is 12.1 Å². The van der Waals surface area contributed by atoms with Crippen LogP contribution in [0.3, 0.4) is 0 Å². The van der Waals surface area contributed by atoms with E-state index in [1.165, 1.54) is 18.2 Å². The highest BCUT2D eigenvalue weighted by Gasteiger charge is 2.18. The average Bonchev–Trinajstić information content (AvgIpc) is 3.26. The Morgan fingerprint density at radius 1 is 1.03 bits per heavy atom. The number of thioether (sulfide) groups is 1. The molecule has 3 heterocycles. The number of para-hydroxylation sites is 1. The highest BCUT2D eigenvalue weighted by atomic mass is 32.2. The number of carbonyl (C=O) groups excluding carboxylic acids is 1. The quantitative estimate of drug-likeness (QED) is 0.490. The molecular formula is C22H22N4O3S. The molecule has 0 radical (unpaired) electrons. The highest BCUT2D eigenvalue weighted by Crippen LogP contribution is 2.34. The zero-order chi connectivity index (χ0) is 20.3. The van der Waals surface area contributed by atoms with E-state index in [2.05, 4.69) is 10.2 Å². The normalized spacial score (nSPS) is 15.4. The summed E-state index contributed by atoms with van der Waals surface area (Å²) < 4.78 is 10.7. The highest BCUT2D eigenvalue weighted by molar-refractivity contribution is 8.00. The molecule has 1 fully saturated rings. The summed E-state index contributed by atoms with van der Waals surface area (Å²) in [7, 11) is 0. The molecule has 154 valence electrons. The lowest BCUT2D eigenvalue weighted by atomic mass is 10.1. The number of carbonyl (C=O) groups is 1. The summed E-state index contributed by atoms with van der Waals surface area (Å²) in [5.41, 5.74) is 1.60. The second-order valence-corrected chi connectivity index (χ2v) is 8.26. The van der Waals surface area contributed by atoms with Crippen molar-refractivity contribution in [2.24, 2.45) is 0 Å². The van der Waals surface area contributed by atoms with Crippen LogP contribution >= 0.6 is 11.8 Å². The van der Waals surface area contributed by atoms with E-state index in [-0.39, 0.29) is 18.5 Å². The molecule has 0 atom stereocenters. The van der Waals surface area contributed by atoms with Gasteiger partial charge < -0.3 is 19.7 Å². The summed E-state index contributed by atoms with van der Waals surface area (Å²) in [5, 5.41) is 4.73. The van der Waals surface area contributed by atoms with Crippen molar-refractivity contribution in [3.05, 3.63) is 42.5 Å². The molecule has 2 aliphatic heterocycles. The van der Waals surface area contributed by atoms with Crippen molar-refractivity contribution in [1.29, 1.82) is 0 Å². The van der Waals surface area contributed by atoms with Crippen molar-refractivity contribution < 1.29 is 14.3 Å². The Hall–Kier alpha value is -3.00. The minimum absolute atomic E-state index is 0.0962. The van der Waals surface area contributed by atoms with Crippen LogP contribution in [0.15, 0.2) is 47.5 Å². The van der Waals surface area contributed by atoms with Gasteiger partial charge in [-0.3, -0.25) is 4.79 Å². The zero-order valence-corrected chi connectivity index (χ0v) is 17.3. The smallest absolute Gasteiger partial charge is 0.234 e. The lowest BCUT2D eigenvalue weighted by Crippen LogP contribution is -2.31. The van der Waals surface area contributed by atoms with E-state index in [0.717, 1.165) is 47.8 Å². The van der Waals surface area contributed by atoms with E-state index in [4.69, 9.17) is 19.4 Å². The molecule has 1 N–H and O–H groups in total. The van der Waals surface area contributed by atoms with Gasteiger partial charge in [0.25, 0.3) is 0 Å². The first-order valence-corrected chi connectivity index (χ1v) is 11.1. The number of piperidine rings is 1. The Labute approximate surface area is 178 Å². The molecule has 3 aromatic rings. The van der Waals surface area contributed by atoms with Gasteiger partial charge in [-0.1, -0.05) is 30.0 Å². The van der Waals surface area contributed by atoms with Crippen LogP contribution in [0, 0.1) is 0 Å². The summed E-state index contributed by atoms with van der Waals surface area (Å²) in [6, 6.07) is 13.4. The first-order valence-electron chi connectivity index (χ1n) is 10.1. The number of nitrogens with one attached hydrogen (secondary N) is 1. The molecule has 1 saturated heterocycles. The first kappa shape index (κ1) is 19.0. The van der Waals surface area contributed by atoms with Gasteiger partial charge >= 0.3 is 0 Å². The van der Waals surface area contributed by atoms with Crippen LogP contribution in [0.1, 0.15) is 19.3 Å². The number of rotatable bonds is 5. The second kappa shape index (κ2) is 8.39. The Bertz CT molecular complexity index is 1090. The number of hydrogen-bond acceptors (Lipinski definition) is 7. The van der Waals surface area contributed by atoms with E-state index in [0.29, 0.717) is 17.2 Å². The maximum atomic E-state index is 12.6. The number of anilines is 2. The van der Waals surface area contributed by atoms with Crippen molar-refractivity contribution in [3.8, 4) is 11.5 Å². The van der Waals surface area contributed by atoms with Crippen LogP contribution in [-0.2, 0) is 4.79 Å². The SMILES string of the molecule is O=C(CSc1nc(N2CCCCC2)nc2ccccc12)Nc1ccc2c(c1)OCO2. The number of amides is 1. The average molecular weight is 423 g/mol. The van der Waals surface area contributed by atoms with Crippen molar-refractivity contribution in [2.75, 3.05) is 35.9 Å². The Kier molecular flexibility index (Phi) is 5.31. The number of fused-ring (bicyclic) bond motifs is 2. The van der Waals surface area contributed by atoms with Gasteiger partial charge in [0.05, 0.1) is 11.3 Å². The zero-order valence-electron chi connectivity index (χ0n) is 16.5. The van der Waals surface area contributed by atoms with Gasteiger partial charge in [0.1, 0.15) is 5.03 Å². The maximum Gasteiger partial charge on any atom is 0.234 e. The number of benzene rings is 2. The lowest BCUT2D eigenvalue weighted by molar-refractivity contribution is -0.113. The summed E-state index contributed by atoms with van der Waals surface area (Å²) in [4.78, 5) is 24.4. The van der Waals surface area contributed by atoms with Crippen LogP contribution in [0.25, 0.3) is 10.9 Å². The van der Waals surface area contributed by atoms with E-state index in [9.17, 15) is 4.79 Å². The summed E-state index contributed by atoms with van der Waals surface area (Å²) in [6.07, 6.45) is 3.58. The lowest BCUT2D eigenvalue weighted by Gasteiger charge is -2.27. The van der Waals surface area contributed by atoms with Crippen molar-refractivity contribution in [2.45, 2.75) is 24.3 Å². The molecule has 0 bridgehead atoms. The fraction of sp³-hybridized carbons (Fsp3) is 0.318. The molecule has 0 aliphatic carbocycles. The molecule has 0 saturated carbocycles. The molecule has 5 rings (SSSR count). The molecule has 0 unspecified atom stereocenters. The van der Waals surface area contributed by atoms with Crippen LogP contribution in [0.5, 0.6) is 11.5 Å². The van der Waals surface area contributed by atoms with Gasteiger partial charge in [0.15, 0.2) is 11.5 Å². The predicted molar refractivity (Wildman–Crippen MR) is 118 cm³/mol. The monoisotopic (exact) mass is 422 g/mol. The van der Waals surface area contributed by atoms with Crippen molar-refractivity contribution in [3.63, 3.8) is 0 Å². The first-order chi connectivity index (χ1) is 14.8. The summed E-state index contributed by atoms with van der Waals surface area (Å²) in [6.45, 7) is 2.17. The third kappa shape index (κ3) is 4.00. The Morgan fingerprint density at radius 2 is 1.87 bits per heavy atom. The summed E-state index contributed by atoms with van der Waals surface area (Å²) >= 11 is 1.44. The number of aromatic nitrogens is 2. The van der Waals surface area contributed by atoms with Crippen LogP contribution in [0.4, 0.5) is 11.6 Å². The molecule has 30 heavy (non-hydrogen) atoms. The van der Waals surface area contributed by atoms with Crippen LogP contribution < -0.4 is 19.7 Å². The second-order valence-electron chi connectivity index (χ2n) is 7.30. The fourth-order valence-corrected chi connectivity index (χ4v) is 4.50. The van der Waals surface area contributed by atoms with Gasteiger partial charge in [-0.2, -0.15) is 0 Å². The molecule has 8 heteroatoms. The minimum atomic E-state index is -0.0962. The molecule has 1 aromatic heterocycles. The Balaban J connectivity index is 1.32. The molecule has 7 nitrogen and oxygen atoms in total. The van der Waals surface area contributed by atoms with E-state index >= 15 is 0 Å². The molecule has 2 aromatic carbocycles. The molecule has 2 aliphatic rings. The fourth-order valence-electron chi connectivity index (χ4n) is 3.69. The summed E-state index contributed by atoms with van der Waals surface area (Å²) in [5.74, 6) is 2.26. The topological polar surface area (TPSA) is 76.6 Å². The molecule has 1 amide bonds. The minimum Gasteiger partial charge on any atom is -0.454 e. The van der Waals surface area contributed by atoms with Gasteiger partial charge in [-0.05, 0) is 37.5 Å². The van der Waals surface area contributed by atoms with Gasteiger partial charge in [-0.25, -0.2) is 9.97 Å². The maximum absolute atomic E-state index is 12.6. The third-order valence-electron chi connectivity index (χ3n) is 5.19. The predicted octanol–water partition coefficient (Wildman–Crippen LogP) is 4.08. The van der Waals surface area contributed by atoms with Crippen molar-refractivity contribution >= 4 is 40.2 Å². The van der Waals surface area contributed by atoms with E-state index < -0.39 is 0 Å². The van der Waals surface area contributed by atoms with Crippen LogP contribution in [-0.4, -0.2) is 41.5 Å². The number of ether oxygens (including phenoxy) is 2. The Morgan fingerprint density at radius 3 is 2.77 bits per heavy atom. The number of nitrogens with zero attached hydrogens (tertiary/aromatic N) is 3. The van der Waals surface area contributed by atoms with Crippen molar-refractivity contribution in [1.82, 2.24) is 9.97 Å². The van der Waals surface area contributed by atoms with Crippen LogP contribution in [0.2, 0.25) is 0 Å². The van der Waals surface area contributed by atoms with E-state index in [1.807, 2.05) is 30.3 Å². The largest absolute Gasteiger partial charge is 0.454 e. The molecular weight excluding hydrogens is 400 g/mol. The standard InChI is InChI=1S/C22H22N4O3S/c27-20(23-15-8-9-18-19(12-15)29-14-28-18)13-30-21-16-6-2-3-7-17(16)24-22(25-21)26-10-4-1-5-11-26/h2-3,6-9,12H,1,4-5,10-11,13-14H2,(H,23,27).